The van der Waals surface area contributed by atoms with Crippen LogP contribution in [-0.2, 0) is 4.79 Å². The molecule has 1 amide bonds. The van der Waals surface area contributed by atoms with E-state index in [-0.39, 0.29) is 11.3 Å². The maximum Gasteiger partial charge on any atom is 0.225 e. The van der Waals surface area contributed by atoms with Gasteiger partial charge in [0.25, 0.3) is 0 Å². The molecular weight excluding hydrogens is 174 g/mol. The fourth-order valence-corrected chi connectivity index (χ4v) is 1.89. The molecule has 0 aromatic heterocycles. The van der Waals surface area contributed by atoms with Gasteiger partial charge in [-0.05, 0) is 24.7 Å². The van der Waals surface area contributed by atoms with Crippen molar-refractivity contribution in [2.24, 2.45) is 16.7 Å². The van der Waals surface area contributed by atoms with E-state index in [1.807, 2.05) is 20.8 Å². The van der Waals surface area contributed by atoms with Crippen LogP contribution in [0.15, 0.2) is 0 Å². The summed E-state index contributed by atoms with van der Waals surface area (Å²) in [4.78, 5) is 11.7. The van der Waals surface area contributed by atoms with Gasteiger partial charge in [0, 0.05) is 11.5 Å². The highest BCUT2D eigenvalue weighted by Crippen LogP contribution is 2.53. The zero-order valence-electron chi connectivity index (χ0n) is 10.3. The molecule has 0 aliphatic heterocycles. The molecule has 2 heteroatoms. The SMILES string of the molecule is CC(NC(=O)C(C)(C)C)C1CC1(C)C. The largest absolute Gasteiger partial charge is 0.353 e. The minimum absolute atomic E-state index is 0.160. The summed E-state index contributed by atoms with van der Waals surface area (Å²) in [6.45, 7) is 12.5. The van der Waals surface area contributed by atoms with E-state index in [2.05, 4.69) is 26.1 Å². The lowest BCUT2D eigenvalue weighted by Gasteiger charge is -2.22. The molecule has 0 spiro atoms. The van der Waals surface area contributed by atoms with Crippen molar-refractivity contribution in [1.29, 1.82) is 0 Å². The van der Waals surface area contributed by atoms with Gasteiger partial charge in [-0.1, -0.05) is 34.6 Å². The van der Waals surface area contributed by atoms with Crippen molar-refractivity contribution in [3.05, 3.63) is 0 Å². The van der Waals surface area contributed by atoms with Crippen LogP contribution < -0.4 is 5.32 Å². The zero-order chi connectivity index (χ0) is 11.1. The van der Waals surface area contributed by atoms with Crippen LogP contribution in [0.1, 0.15) is 48.0 Å². The van der Waals surface area contributed by atoms with E-state index in [9.17, 15) is 4.79 Å². The molecular formula is C12H23NO. The lowest BCUT2D eigenvalue weighted by molar-refractivity contribution is -0.129. The molecule has 2 nitrogen and oxygen atoms in total. The van der Waals surface area contributed by atoms with Crippen LogP contribution in [0, 0.1) is 16.7 Å². The van der Waals surface area contributed by atoms with Crippen LogP contribution in [0.2, 0.25) is 0 Å². The Hall–Kier alpha value is -0.530. The second kappa shape index (κ2) is 3.25. The monoisotopic (exact) mass is 197 g/mol. The summed E-state index contributed by atoms with van der Waals surface area (Å²) in [6, 6.07) is 0.316. The Kier molecular flexibility index (Phi) is 2.68. The first-order chi connectivity index (χ1) is 6.14. The third-order valence-corrected chi connectivity index (χ3v) is 3.23. The molecule has 2 unspecified atom stereocenters. The van der Waals surface area contributed by atoms with Gasteiger partial charge in [0.1, 0.15) is 0 Å². The van der Waals surface area contributed by atoms with Gasteiger partial charge < -0.3 is 5.32 Å². The smallest absolute Gasteiger partial charge is 0.225 e. The van der Waals surface area contributed by atoms with E-state index in [4.69, 9.17) is 0 Å². The van der Waals surface area contributed by atoms with Crippen molar-refractivity contribution in [3.63, 3.8) is 0 Å². The van der Waals surface area contributed by atoms with Crippen molar-refractivity contribution in [1.82, 2.24) is 5.32 Å². The molecule has 2 atom stereocenters. The van der Waals surface area contributed by atoms with E-state index >= 15 is 0 Å². The molecule has 1 fully saturated rings. The van der Waals surface area contributed by atoms with E-state index in [1.54, 1.807) is 0 Å². The Morgan fingerprint density at radius 3 is 2.14 bits per heavy atom. The lowest BCUT2D eigenvalue weighted by atomic mass is 9.94. The van der Waals surface area contributed by atoms with Crippen LogP contribution >= 0.6 is 0 Å². The number of carbonyl (C=O) groups excluding carboxylic acids is 1. The quantitative estimate of drug-likeness (QED) is 0.724. The molecule has 0 saturated heterocycles. The summed E-state index contributed by atoms with van der Waals surface area (Å²) in [5, 5.41) is 3.10. The van der Waals surface area contributed by atoms with Gasteiger partial charge in [-0.15, -0.1) is 0 Å². The maximum atomic E-state index is 11.7. The van der Waals surface area contributed by atoms with E-state index < -0.39 is 0 Å². The second-order valence-corrected chi connectivity index (χ2v) is 6.31. The predicted octanol–water partition coefficient (Wildman–Crippen LogP) is 2.58. The first-order valence-electron chi connectivity index (χ1n) is 5.45. The summed E-state index contributed by atoms with van der Waals surface area (Å²) < 4.78 is 0. The summed E-state index contributed by atoms with van der Waals surface area (Å²) in [5.74, 6) is 0.821. The average Bonchev–Trinajstić information content (AvgIpc) is 2.57. The van der Waals surface area contributed by atoms with Crippen LogP contribution in [-0.4, -0.2) is 11.9 Å². The van der Waals surface area contributed by atoms with Crippen molar-refractivity contribution in [2.45, 2.75) is 54.0 Å². The Balaban J connectivity index is 2.43. The van der Waals surface area contributed by atoms with Gasteiger partial charge in [-0.25, -0.2) is 0 Å². The minimum atomic E-state index is -0.271. The Morgan fingerprint density at radius 2 is 1.86 bits per heavy atom. The van der Waals surface area contributed by atoms with Crippen molar-refractivity contribution >= 4 is 5.91 Å². The van der Waals surface area contributed by atoms with Gasteiger partial charge in [-0.3, -0.25) is 4.79 Å². The molecule has 0 aromatic carbocycles. The number of hydrogen-bond donors (Lipinski definition) is 1. The highest BCUT2D eigenvalue weighted by atomic mass is 16.2. The van der Waals surface area contributed by atoms with Crippen molar-refractivity contribution < 1.29 is 4.79 Å². The maximum absolute atomic E-state index is 11.7. The molecule has 14 heavy (non-hydrogen) atoms. The Morgan fingerprint density at radius 1 is 1.43 bits per heavy atom. The molecule has 1 aliphatic carbocycles. The number of rotatable bonds is 2. The summed E-state index contributed by atoms with van der Waals surface area (Å²) >= 11 is 0. The summed E-state index contributed by atoms with van der Waals surface area (Å²) in [7, 11) is 0. The van der Waals surface area contributed by atoms with Crippen LogP contribution in [0.4, 0.5) is 0 Å². The highest BCUT2D eigenvalue weighted by molar-refractivity contribution is 5.81. The lowest BCUT2D eigenvalue weighted by Crippen LogP contribution is -2.41. The van der Waals surface area contributed by atoms with Crippen LogP contribution in [0.5, 0.6) is 0 Å². The highest BCUT2D eigenvalue weighted by Gasteiger charge is 2.49. The number of amides is 1. The Bertz CT molecular complexity index is 237. The topological polar surface area (TPSA) is 29.1 Å². The molecule has 82 valence electrons. The molecule has 0 radical (unpaired) electrons. The van der Waals surface area contributed by atoms with Crippen LogP contribution in [0.25, 0.3) is 0 Å². The standard InChI is InChI=1S/C12H23NO/c1-8(9-7-12(9,5)6)13-10(14)11(2,3)4/h8-9H,7H2,1-6H3,(H,13,14). The predicted molar refractivity (Wildman–Crippen MR) is 58.9 cm³/mol. The summed E-state index contributed by atoms with van der Waals surface area (Å²) in [5.41, 5.74) is 0.165. The summed E-state index contributed by atoms with van der Waals surface area (Å²) in [6.07, 6.45) is 1.23. The van der Waals surface area contributed by atoms with Gasteiger partial charge in [0.05, 0.1) is 0 Å². The zero-order valence-corrected chi connectivity index (χ0v) is 10.3. The van der Waals surface area contributed by atoms with Crippen LogP contribution in [0.3, 0.4) is 0 Å². The fraction of sp³-hybridized carbons (Fsp3) is 0.917. The van der Waals surface area contributed by atoms with Gasteiger partial charge in [0.2, 0.25) is 5.91 Å². The van der Waals surface area contributed by atoms with Gasteiger partial charge >= 0.3 is 0 Å². The first kappa shape index (κ1) is 11.5. The van der Waals surface area contributed by atoms with Gasteiger partial charge in [0.15, 0.2) is 0 Å². The molecule has 0 bridgehead atoms. The van der Waals surface area contributed by atoms with E-state index in [1.165, 1.54) is 6.42 Å². The van der Waals surface area contributed by atoms with E-state index in [0.29, 0.717) is 17.4 Å². The third-order valence-electron chi connectivity index (χ3n) is 3.23. The second-order valence-electron chi connectivity index (χ2n) is 6.31. The third kappa shape index (κ3) is 2.49. The molecule has 1 N–H and O–H groups in total. The molecule has 1 rings (SSSR count). The Labute approximate surface area is 87.5 Å². The average molecular weight is 197 g/mol. The number of hydrogen-bond acceptors (Lipinski definition) is 1. The molecule has 1 saturated carbocycles. The van der Waals surface area contributed by atoms with Crippen molar-refractivity contribution in [3.8, 4) is 0 Å². The molecule has 0 aromatic rings. The normalized spacial score (nSPS) is 26.9. The molecule has 1 aliphatic rings. The van der Waals surface area contributed by atoms with E-state index in [0.717, 1.165) is 0 Å². The number of nitrogens with one attached hydrogen (secondary N) is 1. The number of carbonyl (C=O) groups is 1. The molecule has 0 heterocycles. The van der Waals surface area contributed by atoms with Gasteiger partial charge in [-0.2, -0.15) is 0 Å². The minimum Gasteiger partial charge on any atom is -0.353 e. The fourth-order valence-electron chi connectivity index (χ4n) is 1.89. The van der Waals surface area contributed by atoms with Crippen molar-refractivity contribution in [2.75, 3.05) is 0 Å². The first-order valence-corrected chi connectivity index (χ1v) is 5.45.